The van der Waals surface area contributed by atoms with Crippen LogP contribution in [-0.4, -0.2) is 24.5 Å². The van der Waals surface area contributed by atoms with E-state index in [4.69, 9.17) is 4.74 Å². The highest BCUT2D eigenvalue weighted by Crippen LogP contribution is 2.25. The molecule has 0 saturated heterocycles. The van der Waals surface area contributed by atoms with E-state index in [1.54, 1.807) is 0 Å². The third kappa shape index (κ3) is 5.17. The van der Waals surface area contributed by atoms with Gasteiger partial charge in [-0.05, 0) is 66.3 Å². The van der Waals surface area contributed by atoms with Gasteiger partial charge in [0.1, 0.15) is 5.75 Å². The molecule has 0 unspecified atom stereocenters. The third-order valence-electron chi connectivity index (χ3n) is 5.42. The standard InChI is InChI=1S/C25H26N2O3/c28-24(16-19-8-5-7-18-6-1-4-11-23(18)19)26-17-25(29)27-20-12-14-22(15-13-20)30-21-9-2-3-10-21/h1,4-8,11-15,21H,2-3,9-10,16-17H2,(H,26,28)(H,27,29). The maximum Gasteiger partial charge on any atom is 0.243 e. The van der Waals surface area contributed by atoms with Crippen molar-refractivity contribution in [3.63, 3.8) is 0 Å². The lowest BCUT2D eigenvalue weighted by atomic mass is 10.0. The largest absolute Gasteiger partial charge is 0.490 e. The van der Waals surface area contributed by atoms with E-state index in [2.05, 4.69) is 10.6 Å². The third-order valence-corrected chi connectivity index (χ3v) is 5.42. The molecule has 5 nitrogen and oxygen atoms in total. The molecule has 1 fully saturated rings. The predicted molar refractivity (Wildman–Crippen MR) is 119 cm³/mol. The zero-order valence-electron chi connectivity index (χ0n) is 16.9. The van der Waals surface area contributed by atoms with Crippen LogP contribution in [0.3, 0.4) is 0 Å². The lowest BCUT2D eigenvalue weighted by Crippen LogP contribution is -2.33. The summed E-state index contributed by atoms with van der Waals surface area (Å²) in [4.78, 5) is 24.5. The Hall–Kier alpha value is -3.34. The van der Waals surface area contributed by atoms with Gasteiger partial charge < -0.3 is 15.4 Å². The summed E-state index contributed by atoms with van der Waals surface area (Å²) in [5.74, 6) is 0.385. The van der Waals surface area contributed by atoms with Gasteiger partial charge in [0.05, 0.1) is 19.1 Å². The second kappa shape index (κ2) is 9.44. The molecule has 3 aromatic carbocycles. The summed E-state index contributed by atoms with van der Waals surface area (Å²) in [5, 5.41) is 7.66. The number of hydrogen-bond donors (Lipinski definition) is 2. The molecule has 0 atom stereocenters. The minimum atomic E-state index is -0.259. The number of anilines is 1. The normalized spacial score (nSPS) is 13.9. The first kappa shape index (κ1) is 20.0. The van der Waals surface area contributed by atoms with Crippen LogP contribution in [0.1, 0.15) is 31.2 Å². The number of nitrogens with one attached hydrogen (secondary N) is 2. The number of rotatable bonds is 7. The average Bonchev–Trinajstić information content (AvgIpc) is 3.27. The zero-order valence-corrected chi connectivity index (χ0v) is 16.9. The summed E-state index contributed by atoms with van der Waals surface area (Å²) in [6, 6.07) is 21.2. The van der Waals surface area contributed by atoms with Gasteiger partial charge in [0.2, 0.25) is 11.8 Å². The summed E-state index contributed by atoms with van der Waals surface area (Å²) in [6.07, 6.45) is 5.22. The highest BCUT2D eigenvalue weighted by Gasteiger charge is 2.16. The van der Waals surface area contributed by atoms with Gasteiger partial charge in [-0.15, -0.1) is 0 Å². The van der Waals surface area contributed by atoms with Gasteiger partial charge in [-0.1, -0.05) is 42.5 Å². The molecule has 1 aliphatic carbocycles. The number of benzene rings is 3. The molecule has 30 heavy (non-hydrogen) atoms. The number of amides is 2. The van der Waals surface area contributed by atoms with Crippen molar-refractivity contribution in [2.45, 2.75) is 38.2 Å². The van der Waals surface area contributed by atoms with Crippen LogP contribution >= 0.6 is 0 Å². The lowest BCUT2D eigenvalue weighted by molar-refractivity contribution is -0.123. The van der Waals surface area contributed by atoms with Crippen molar-refractivity contribution in [3.05, 3.63) is 72.3 Å². The number of fused-ring (bicyclic) bond motifs is 1. The Labute approximate surface area is 176 Å². The Morgan fingerprint density at radius 1 is 0.867 bits per heavy atom. The van der Waals surface area contributed by atoms with Crippen molar-refractivity contribution in [2.24, 2.45) is 0 Å². The van der Waals surface area contributed by atoms with Crippen LogP contribution in [0.25, 0.3) is 10.8 Å². The van der Waals surface area contributed by atoms with Crippen LogP contribution in [0.15, 0.2) is 66.7 Å². The van der Waals surface area contributed by atoms with E-state index in [0.717, 1.165) is 34.9 Å². The predicted octanol–water partition coefficient (Wildman–Crippen LogP) is 4.46. The van der Waals surface area contributed by atoms with Crippen molar-refractivity contribution in [1.29, 1.82) is 0 Å². The van der Waals surface area contributed by atoms with Crippen LogP contribution < -0.4 is 15.4 Å². The Morgan fingerprint density at radius 2 is 1.60 bits per heavy atom. The van der Waals surface area contributed by atoms with Gasteiger partial charge in [-0.25, -0.2) is 0 Å². The molecule has 0 aromatic heterocycles. The van der Waals surface area contributed by atoms with Crippen molar-refractivity contribution >= 4 is 28.3 Å². The SMILES string of the molecule is O=C(Cc1cccc2ccccc12)NCC(=O)Nc1ccc(OC2CCCC2)cc1. The van der Waals surface area contributed by atoms with E-state index in [0.29, 0.717) is 11.8 Å². The van der Waals surface area contributed by atoms with Crippen LogP contribution in [0.2, 0.25) is 0 Å². The maximum absolute atomic E-state index is 12.3. The number of carbonyl (C=O) groups excluding carboxylic acids is 2. The molecule has 4 rings (SSSR count). The fourth-order valence-corrected chi connectivity index (χ4v) is 3.88. The summed E-state index contributed by atoms with van der Waals surface area (Å²) in [6.45, 7) is -0.0656. The summed E-state index contributed by atoms with van der Waals surface area (Å²) < 4.78 is 5.93. The van der Waals surface area contributed by atoms with Gasteiger partial charge in [-0.2, -0.15) is 0 Å². The fourth-order valence-electron chi connectivity index (χ4n) is 3.88. The van der Waals surface area contributed by atoms with Gasteiger partial charge in [0.15, 0.2) is 0 Å². The van der Waals surface area contributed by atoms with Crippen molar-refractivity contribution < 1.29 is 14.3 Å². The molecule has 0 heterocycles. The van der Waals surface area contributed by atoms with E-state index in [1.807, 2.05) is 66.7 Å². The molecular weight excluding hydrogens is 376 g/mol. The van der Waals surface area contributed by atoms with E-state index < -0.39 is 0 Å². The Balaban J connectivity index is 1.25. The molecule has 1 aliphatic rings. The van der Waals surface area contributed by atoms with Crippen molar-refractivity contribution in [1.82, 2.24) is 5.32 Å². The minimum absolute atomic E-state index is 0.0656. The van der Waals surface area contributed by atoms with Crippen molar-refractivity contribution in [2.75, 3.05) is 11.9 Å². The first-order chi connectivity index (χ1) is 14.7. The number of carbonyl (C=O) groups is 2. The zero-order chi connectivity index (χ0) is 20.8. The molecule has 2 amide bonds. The number of ether oxygens (including phenoxy) is 1. The molecule has 0 aliphatic heterocycles. The monoisotopic (exact) mass is 402 g/mol. The molecule has 2 N–H and O–H groups in total. The van der Waals surface area contributed by atoms with Crippen LogP contribution in [0.5, 0.6) is 5.75 Å². The van der Waals surface area contributed by atoms with Gasteiger partial charge in [0.25, 0.3) is 0 Å². The summed E-state index contributed by atoms with van der Waals surface area (Å²) in [7, 11) is 0. The smallest absolute Gasteiger partial charge is 0.243 e. The number of hydrogen-bond acceptors (Lipinski definition) is 3. The second-order valence-corrected chi connectivity index (χ2v) is 7.69. The quantitative estimate of drug-likeness (QED) is 0.613. The Morgan fingerprint density at radius 3 is 2.40 bits per heavy atom. The van der Waals surface area contributed by atoms with Crippen LogP contribution in [0, 0.1) is 0 Å². The van der Waals surface area contributed by atoms with Gasteiger partial charge in [-0.3, -0.25) is 9.59 Å². The van der Waals surface area contributed by atoms with Crippen LogP contribution in [-0.2, 0) is 16.0 Å². The molecular formula is C25H26N2O3. The molecule has 154 valence electrons. The van der Waals surface area contributed by atoms with E-state index >= 15 is 0 Å². The Bertz CT molecular complexity index is 1020. The summed E-state index contributed by atoms with van der Waals surface area (Å²) >= 11 is 0. The highest BCUT2D eigenvalue weighted by molar-refractivity contribution is 5.95. The Kier molecular flexibility index (Phi) is 6.28. The lowest BCUT2D eigenvalue weighted by Gasteiger charge is -2.13. The second-order valence-electron chi connectivity index (χ2n) is 7.69. The minimum Gasteiger partial charge on any atom is -0.490 e. The average molecular weight is 402 g/mol. The molecule has 0 radical (unpaired) electrons. The maximum atomic E-state index is 12.3. The molecule has 3 aromatic rings. The first-order valence-electron chi connectivity index (χ1n) is 10.5. The molecule has 0 spiro atoms. The van der Waals surface area contributed by atoms with E-state index in [1.165, 1.54) is 12.8 Å². The molecule has 0 bridgehead atoms. The molecule has 5 heteroatoms. The fraction of sp³-hybridized carbons (Fsp3) is 0.280. The summed E-state index contributed by atoms with van der Waals surface area (Å²) in [5.41, 5.74) is 1.63. The van der Waals surface area contributed by atoms with Gasteiger partial charge >= 0.3 is 0 Å². The molecule has 1 saturated carbocycles. The van der Waals surface area contributed by atoms with E-state index in [-0.39, 0.29) is 24.8 Å². The van der Waals surface area contributed by atoms with Crippen molar-refractivity contribution in [3.8, 4) is 5.75 Å². The topological polar surface area (TPSA) is 67.4 Å². The highest BCUT2D eigenvalue weighted by atomic mass is 16.5. The van der Waals surface area contributed by atoms with Gasteiger partial charge in [0, 0.05) is 5.69 Å². The van der Waals surface area contributed by atoms with E-state index in [9.17, 15) is 9.59 Å². The van der Waals surface area contributed by atoms with Crippen LogP contribution in [0.4, 0.5) is 5.69 Å². The first-order valence-corrected chi connectivity index (χ1v) is 10.5.